The number of β-lactam (4-membered cyclic amide) rings is 1. The summed E-state index contributed by atoms with van der Waals surface area (Å²) in [5.41, 5.74) is 7.25. The van der Waals surface area contributed by atoms with E-state index in [4.69, 9.17) is 20.4 Å². The molecule has 1 aromatic carbocycles. The number of hydrogen-bond donors (Lipinski definition) is 6. The molecule has 3 atom stereocenters. The number of hydrogen-bond acceptors (Lipinski definition) is 12. The highest BCUT2D eigenvalue weighted by molar-refractivity contribution is 8.01. The van der Waals surface area contributed by atoms with Crippen molar-refractivity contribution < 1.29 is 43.7 Å². The Morgan fingerprint density at radius 2 is 1.87 bits per heavy atom. The standard InChI is InChI=1S/C22H22N6O9S2/c23-15(9-1-3-11(4-2-9)24-6-14(31)32)18(33)25-16-19(34)28-17(21(35)36)10(7-38-20(16)28)8-39-22-27-26-12(37-22)5-13(29)30/h1-4,15-16,20,24H,5-8,23H2,(H,25,33)(H,29,30)(H,31,32)(H,35,36)/t15?,16?,20-/m1/s1. The molecule has 2 unspecified atom stereocenters. The van der Waals surface area contributed by atoms with Gasteiger partial charge in [0.15, 0.2) is 0 Å². The molecule has 1 aromatic heterocycles. The lowest BCUT2D eigenvalue weighted by molar-refractivity contribution is -0.150. The number of amides is 2. The Hall–Kier alpha value is -4.09. The maximum absolute atomic E-state index is 12.9. The molecule has 1 fully saturated rings. The number of carboxylic acid groups (broad SMARTS) is 3. The van der Waals surface area contributed by atoms with Gasteiger partial charge in [0.1, 0.15) is 36.1 Å². The number of carbonyl (C=O) groups excluding carboxylic acids is 2. The molecule has 17 heteroatoms. The van der Waals surface area contributed by atoms with Crippen LogP contribution in [0.25, 0.3) is 0 Å². The van der Waals surface area contributed by atoms with Crippen LogP contribution in [0.4, 0.5) is 5.69 Å². The molecular weight excluding hydrogens is 556 g/mol. The van der Waals surface area contributed by atoms with Crippen LogP contribution in [-0.4, -0.2) is 89.6 Å². The van der Waals surface area contributed by atoms with Crippen molar-refractivity contribution in [3.63, 3.8) is 0 Å². The summed E-state index contributed by atoms with van der Waals surface area (Å²) >= 11 is 2.29. The van der Waals surface area contributed by atoms with Crippen molar-refractivity contribution in [2.75, 3.05) is 23.4 Å². The second-order valence-electron chi connectivity index (χ2n) is 8.32. The number of aromatic nitrogens is 2. The van der Waals surface area contributed by atoms with Crippen LogP contribution in [-0.2, 0) is 30.4 Å². The smallest absolute Gasteiger partial charge is 0.352 e. The van der Waals surface area contributed by atoms with Crippen molar-refractivity contribution in [2.24, 2.45) is 5.73 Å². The van der Waals surface area contributed by atoms with Gasteiger partial charge in [0.2, 0.25) is 11.8 Å². The lowest BCUT2D eigenvalue weighted by atomic mass is 10.0. The lowest BCUT2D eigenvalue weighted by Crippen LogP contribution is -2.71. The summed E-state index contributed by atoms with van der Waals surface area (Å²) in [6.07, 6.45) is -0.442. The van der Waals surface area contributed by atoms with Crippen LogP contribution < -0.4 is 16.4 Å². The van der Waals surface area contributed by atoms with E-state index in [1.165, 1.54) is 11.8 Å². The normalized spacial score (nSPS) is 19.1. The molecule has 0 aliphatic carbocycles. The third-order valence-electron chi connectivity index (χ3n) is 5.66. The Labute approximate surface area is 228 Å². The van der Waals surface area contributed by atoms with Crippen LogP contribution in [0, 0.1) is 0 Å². The predicted octanol–water partition coefficient (Wildman–Crippen LogP) is -0.276. The van der Waals surface area contributed by atoms with Crippen LogP contribution in [0.3, 0.4) is 0 Å². The lowest BCUT2D eigenvalue weighted by Gasteiger charge is -2.49. The number of nitrogens with zero attached hydrogens (tertiary/aromatic N) is 3. The minimum absolute atomic E-state index is 0.0652. The van der Waals surface area contributed by atoms with E-state index in [2.05, 4.69) is 20.8 Å². The number of fused-ring (bicyclic) bond motifs is 1. The summed E-state index contributed by atoms with van der Waals surface area (Å²) < 4.78 is 5.23. The van der Waals surface area contributed by atoms with Gasteiger partial charge in [-0.25, -0.2) is 4.79 Å². The van der Waals surface area contributed by atoms with Gasteiger partial charge in [0, 0.05) is 17.2 Å². The molecule has 15 nitrogen and oxygen atoms in total. The van der Waals surface area contributed by atoms with Gasteiger partial charge in [-0.05, 0) is 23.3 Å². The van der Waals surface area contributed by atoms with Gasteiger partial charge in [0.25, 0.3) is 11.1 Å². The fraction of sp³-hybridized carbons (Fsp3) is 0.318. The highest BCUT2D eigenvalue weighted by Crippen LogP contribution is 2.41. The van der Waals surface area contributed by atoms with Gasteiger partial charge in [-0.15, -0.1) is 22.0 Å². The van der Waals surface area contributed by atoms with E-state index in [9.17, 15) is 29.1 Å². The second-order valence-corrected chi connectivity index (χ2v) is 10.4. The number of anilines is 1. The van der Waals surface area contributed by atoms with Crippen LogP contribution in [0.15, 0.2) is 45.2 Å². The largest absolute Gasteiger partial charge is 0.481 e. The number of thioether (sulfide) groups is 2. The number of carbonyl (C=O) groups is 5. The fourth-order valence-electron chi connectivity index (χ4n) is 3.82. The summed E-state index contributed by atoms with van der Waals surface area (Å²) in [6, 6.07) is 4.18. The summed E-state index contributed by atoms with van der Waals surface area (Å²) in [4.78, 5) is 60.3. The quantitative estimate of drug-likeness (QED) is 0.140. The zero-order valence-corrected chi connectivity index (χ0v) is 21.5. The average Bonchev–Trinajstić information content (AvgIpc) is 3.34. The van der Waals surface area contributed by atoms with Crippen LogP contribution in [0.5, 0.6) is 0 Å². The highest BCUT2D eigenvalue weighted by Gasteiger charge is 2.54. The van der Waals surface area contributed by atoms with Gasteiger partial charge >= 0.3 is 17.9 Å². The Morgan fingerprint density at radius 3 is 2.51 bits per heavy atom. The molecule has 7 N–H and O–H groups in total. The average molecular weight is 579 g/mol. The molecule has 2 aliphatic rings. The first-order chi connectivity index (χ1) is 18.5. The molecular formula is C22H22N6O9S2. The number of benzene rings is 1. The Kier molecular flexibility index (Phi) is 8.41. The third-order valence-corrected chi connectivity index (χ3v) is 7.91. The van der Waals surface area contributed by atoms with Gasteiger partial charge in [-0.2, -0.15) is 0 Å². The van der Waals surface area contributed by atoms with Gasteiger partial charge in [-0.1, -0.05) is 23.9 Å². The highest BCUT2D eigenvalue weighted by atomic mass is 32.2. The van der Waals surface area contributed by atoms with E-state index >= 15 is 0 Å². The van der Waals surface area contributed by atoms with Crippen LogP contribution in [0.2, 0.25) is 0 Å². The minimum atomic E-state index is -1.31. The van der Waals surface area contributed by atoms with Crippen molar-refractivity contribution in [2.45, 2.75) is 29.1 Å². The van der Waals surface area contributed by atoms with E-state index in [0.717, 1.165) is 16.7 Å². The first kappa shape index (κ1) is 27.9. The van der Waals surface area contributed by atoms with Gasteiger partial charge in [-0.3, -0.25) is 24.1 Å². The zero-order valence-electron chi connectivity index (χ0n) is 19.9. The van der Waals surface area contributed by atoms with Gasteiger partial charge in [0.05, 0.1) is 0 Å². The van der Waals surface area contributed by atoms with Crippen LogP contribution >= 0.6 is 23.5 Å². The predicted molar refractivity (Wildman–Crippen MR) is 136 cm³/mol. The molecule has 2 amide bonds. The van der Waals surface area contributed by atoms with Crippen molar-refractivity contribution in [3.05, 3.63) is 47.0 Å². The molecule has 3 heterocycles. The number of carboxylic acids is 3. The minimum Gasteiger partial charge on any atom is -0.481 e. The molecule has 0 saturated carbocycles. The summed E-state index contributed by atoms with van der Waals surface area (Å²) in [5, 5.41) is 39.4. The molecule has 2 aliphatic heterocycles. The number of aliphatic carboxylic acids is 3. The van der Waals surface area contributed by atoms with Crippen LogP contribution in [0.1, 0.15) is 17.5 Å². The van der Waals surface area contributed by atoms with Crippen molar-refractivity contribution in [1.29, 1.82) is 0 Å². The Bertz CT molecular complexity index is 1350. The van der Waals surface area contributed by atoms with E-state index < -0.39 is 53.6 Å². The summed E-state index contributed by atoms with van der Waals surface area (Å²) in [7, 11) is 0. The maximum atomic E-state index is 12.9. The van der Waals surface area contributed by atoms with Crippen molar-refractivity contribution >= 4 is 58.9 Å². The number of nitrogens with two attached hydrogens (primary N) is 1. The first-order valence-electron chi connectivity index (χ1n) is 11.2. The number of nitrogens with one attached hydrogen (secondary N) is 2. The molecule has 0 spiro atoms. The maximum Gasteiger partial charge on any atom is 0.352 e. The van der Waals surface area contributed by atoms with E-state index in [-0.39, 0.29) is 34.9 Å². The molecule has 206 valence electrons. The summed E-state index contributed by atoms with van der Waals surface area (Å²) in [6.45, 7) is -0.275. The Morgan fingerprint density at radius 1 is 1.15 bits per heavy atom. The molecule has 2 aromatic rings. The third kappa shape index (κ3) is 6.32. The van der Waals surface area contributed by atoms with E-state index in [0.29, 0.717) is 16.8 Å². The van der Waals surface area contributed by atoms with Crippen molar-refractivity contribution in [1.82, 2.24) is 20.4 Å². The molecule has 39 heavy (non-hydrogen) atoms. The molecule has 0 radical (unpaired) electrons. The first-order valence-corrected chi connectivity index (χ1v) is 13.3. The SMILES string of the molecule is NC(C(=O)NC1C(=O)N2C(C(=O)O)=C(CSc3nnc(CC(=O)O)o3)CS[C@H]12)c1ccc(NCC(=O)O)cc1. The Balaban J connectivity index is 1.38. The summed E-state index contributed by atoms with van der Waals surface area (Å²) in [5.74, 6) is -4.42. The molecule has 0 bridgehead atoms. The van der Waals surface area contributed by atoms with E-state index in [1.807, 2.05) is 0 Å². The molecule has 4 rings (SSSR count). The van der Waals surface area contributed by atoms with Gasteiger partial charge < -0.3 is 36.1 Å². The topological polar surface area (TPSA) is 238 Å². The second kappa shape index (κ2) is 11.7. The fourth-order valence-corrected chi connectivity index (χ4v) is 6.09. The zero-order chi connectivity index (χ0) is 28.3. The molecule has 1 saturated heterocycles. The number of rotatable bonds is 12. The monoisotopic (exact) mass is 578 g/mol. The van der Waals surface area contributed by atoms with Crippen molar-refractivity contribution in [3.8, 4) is 0 Å². The van der Waals surface area contributed by atoms with E-state index in [1.54, 1.807) is 24.3 Å².